The molecule has 0 saturated carbocycles. The Morgan fingerprint density at radius 2 is 1.61 bits per heavy atom. The van der Waals surface area contributed by atoms with Gasteiger partial charge in [0, 0.05) is 0 Å². The fourth-order valence-electron chi connectivity index (χ4n) is 1.68. The minimum atomic E-state index is -1.02. The molecule has 23 heavy (non-hydrogen) atoms. The van der Waals surface area contributed by atoms with Crippen LogP contribution in [0.4, 0.5) is 0 Å². The monoisotopic (exact) mass is 336 g/mol. The quantitative estimate of drug-likeness (QED) is 0.818. The first kappa shape index (κ1) is 18.5. The van der Waals surface area contributed by atoms with Crippen molar-refractivity contribution in [2.45, 2.75) is 11.8 Å². The number of ether oxygens (including phenoxy) is 1. The van der Waals surface area contributed by atoms with Gasteiger partial charge in [-0.2, -0.15) is 0 Å². The Balaban J connectivity index is 0.000000231. The van der Waals surface area contributed by atoms with Crippen LogP contribution in [0, 0.1) is 0 Å². The van der Waals surface area contributed by atoms with E-state index in [2.05, 4.69) is 0 Å². The smallest absolute Gasteiger partial charge is 0.326 e. The maximum Gasteiger partial charge on any atom is 0.326 e. The summed E-state index contributed by atoms with van der Waals surface area (Å²) < 4.78 is 4.93. The molecule has 0 aromatic heterocycles. The Hall–Kier alpha value is -2.53. The molecule has 2 aromatic rings. The second-order valence-corrected chi connectivity index (χ2v) is 4.97. The Kier molecular flexibility index (Phi) is 7.63. The van der Waals surface area contributed by atoms with Crippen molar-refractivity contribution in [1.29, 1.82) is 0 Å². The summed E-state index contributed by atoms with van der Waals surface area (Å²) in [6.07, 6.45) is 0.0595. The number of hydrogen-bond acceptors (Lipinski definition) is 3. The summed E-state index contributed by atoms with van der Waals surface area (Å²) in [5.41, 5.74) is 1.39. The lowest BCUT2D eigenvalue weighted by Gasteiger charge is -2.01. The number of halogens is 1. The Morgan fingerprint density at radius 1 is 1.04 bits per heavy atom. The number of rotatable bonds is 5. The molecule has 2 rings (SSSR count). The van der Waals surface area contributed by atoms with Crippen LogP contribution in [0.25, 0.3) is 0 Å². The number of carboxylic acid groups (broad SMARTS) is 2. The summed E-state index contributed by atoms with van der Waals surface area (Å²) in [7, 11) is 1.58. The maximum absolute atomic E-state index is 10.4. The molecule has 0 aliphatic rings. The molecule has 0 amide bonds. The molecule has 5 nitrogen and oxygen atoms in total. The van der Waals surface area contributed by atoms with Crippen LogP contribution in [-0.2, 0) is 16.0 Å². The number of carbonyl (C=O) groups is 2. The first-order chi connectivity index (χ1) is 10.9. The fourth-order valence-corrected chi connectivity index (χ4v) is 1.83. The van der Waals surface area contributed by atoms with Gasteiger partial charge in [-0.15, -0.1) is 11.6 Å². The van der Waals surface area contributed by atoms with Gasteiger partial charge >= 0.3 is 11.9 Å². The molecule has 6 heteroatoms. The van der Waals surface area contributed by atoms with Crippen molar-refractivity contribution in [3.05, 3.63) is 65.7 Å². The largest absolute Gasteiger partial charge is 0.497 e. The molecule has 0 radical (unpaired) electrons. The lowest BCUT2D eigenvalue weighted by atomic mass is 10.1. The normalized spacial score (nSPS) is 10.9. The zero-order valence-corrected chi connectivity index (χ0v) is 13.2. The van der Waals surface area contributed by atoms with E-state index in [1.54, 1.807) is 55.6 Å². The SMILES string of the molecule is COc1ccc(CC(=O)O)cc1.O=C(O)C(Cl)c1ccccc1. The van der Waals surface area contributed by atoms with E-state index in [0.29, 0.717) is 5.56 Å². The van der Waals surface area contributed by atoms with E-state index in [0.717, 1.165) is 11.3 Å². The van der Waals surface area contributed by atoms with Crippen LogP contribution < -0.4 is 4.74 Å². The fraction of sp³-hybridized carbons (Fsp3) is 0.176. The molecule has 0 saturated heterocycles. The predicted molar refractivity (Wildman–Crippen MR) is 87.0 cm³/mol. The molecule has 0 heterocycles. The highest BCUT2D eigenvalue weighted by atomic mass is 35.5. The molecule has 2 aromatic carbocycles. The molecule has 2 N–H and O–H groups in total. The zero-order chi connectivity index (χ0) is 17.2. The average Bonchev–Trinajstić information content (AvgIpc) is 2.55. The first-order valence-electron chi connectivity index (χ1n) is 6.70. The molecule has 0 aliphatic carbocycles. The maximum atomic E-state index is 10.4. The van der Waals surface area contributed by atoms with E-state index in [9.17, 15) is 9.59 Å². The number of benzene rings is 2. The van der Waals surface area contributed by atoms with E-state index in [1.165, 1.54) is 0 Å². The van der Waals surface area contributed by atoms with Gasteiger partial charge in [-0.25, -0.2) is 0 Å². The molecule has 1 unspecified atom stereocenters. The standard InChI is InChI=1S/C9H10O3.C8H7ClO2/c1-12-8-4-2-7(3-5-8)6-9(10)11;9-7(8(10)11)6-4-2-1-3-5-6/h2-5H,6H2,1H3,(H,10,11);1-5,7H,(H,10,11). The summed E-state index contributed by atoms with van der Waals surface area (Å²) >= 11 is 5.54. The third-order valence-corrected chi connectivity index (χ3v) is 3.26. The van der Waals surface area contributed by atoms with Crippen molar-refractivity contribution in [3.63, 3.8) is 0 Å². The summed E-state index contributed by atoms with van der Waals surface area (Å²) in [4.78, 5) is 20.7. The van der Waals surface area contributed by atoms with Gasteiger partial charge in [0.15, 0.2) is 5.38 Å². The molecule has 0 bridgehead atoms. The van der Waals surface area contributed by atoms with Gasteiger partial charge in [0.25, 0.3) is 0 Å². The van der Waals surface area contributed by atoms with Crippen LogP contribution >= 0.6 is 11.6 Å². The molecule has 0 fully saturated rings. The third-order valence-electron chi connectivity index (χ3n) is 2.82. The van der Waals surface area contributed by atoms with Gasteiger partial charge in [-0.05, 0) is 23.3 Å². The summed E-state index contributed by atoms with van der Waals surface area (Å²) in [5, 5.41) is 16.0. The van der Waals surface area contributed by atoms with Crippen molar-refractivity contribution in [1.82, 2.24) is 0 Å². The number of carboxylic acids is 2. The number of aliphatic carboxylic acids is 2. The Labute approximate surface area is 139 Å². The van der Waals surface area contributed by atoms with Gasteiger partial charge in [0.1, 0.15) is 5.75 Å². The van der Waals surface area contributed by atoms with E-state index >= 15 is 0 Å². The van der Waals surface area contributed by atoms with E-state index in [1.807, 2.05) is 6.07 Å². The molecule has 0 aliphatic heterocycles. The second kappa shape index (κ2) is 9.48. The summed E-state index contributed by atoms with van der Waals surface area (Å²) in [6, 6.07) is 15.7. The predicted octanol–water partition coefficient (Wildman–Crippen LogP) is 3.37. The molecule has 122 valence electrons. The van der Waals surface area contributed by atoms with E-state index < -0.39 is 17.3 Å². The number of alkyl halides is 1. The van der Waals surface area contributed by atoms with Gasteiger partial charge in [-0.3, -0.25) is 9.59 Å². The molecule has 1 atom stereocenters. The second-order valence-electron chi connectivity index (χ2n) is 4.53. The van der Waals surface area contributed by atoms with Crippen LogP contribution in [0.3, 0.4) is 0 Å². The van der Waals surface area contributed by atoms with Gasteiger partial charge in [-0.1, -0.05) is 42.5 Å². The Morgan fingerprint density at radius 3 is 2.04 bits per heavy atom. The van der Waals surface area contributed by atoms with Crippen molar-refractivity contribution >= 4 is 23.5 Å². The van der Waals surface area contributed by atoms with Crippen molar-refractivity contribution in [2.75, 3.05) is 7.11 Å². The van der Waals surface area contributed by atoms with Crippen molar-refractivity contribution in [2.24, 2.45) is 0 Å². The highest BCUT2D eigenvalue weighted by Crippen LogP contribution is 2.19. The topological polar surface area (TPSA) is 83.8 Å². The summed E-state index contributed by atoms with van der Waals surface area (Å²) in [5.74, 6) is -1.10. The van der Waals surface area contributed by atoms with Gasteiger partial charge in [0.05, 0.1) is 13.5 Å². The Bertz CT molecular complexity index is 625. The van der Waals surface area contributed by atoms with Gasteiger partial charge < -0.3 is 14.9 Å². The lowest BCUT2D eigenvalue weighted by Crippen LogP contribution is -2.04. The van der Waals surface area contributed by atoms with Crippen LogP contribution in [-0.4, -0.2) is 29.3 Å². The minimum absolute atomic E-state index is 0.0595. The van der Waals surface area contributed by atoms with Crippen molar-refractivity contribution in [3.8, 4) is 5.75 Å². The highest BCUT2D eigenvalue weighted by Gasteiger charge is 2.14. The average molecular weight is 337 g/mol. The first-order valence-corrected chi connectivity index (χ1v) is 7.14. The zero-order valence-electron chi connectivity index (χ0n) is 12.5. The van der Waals surface area contributed by atoms with Crippen molar-refractivity contribution < 1.29 is 24.5 Å². The molecular weight excluding hydrogens is 320 g/mol. The number of methoxy groups -OCH3 is 1. The number of hydrogen-bond donors (Lipinski definition) is 2. The van der Waals surface area contributed by atoms with Crippen LogP contribution in [0.2, 0.25) is 0 Å². The van der Waals surface area contributed by atoms with Crippen LogP contribution in [0.1, 0.15) is 16.5 Å². The highest BCUT2D eigenvalue weighted by molar-refractivity contribution is 6.29. The van der Waals surface area contributed by atoms with Crippen LogP contribution in [0.5, 0.6) is 5.75 Å². The molecular formula is C17H17ClO5. The molecule has 0 spiro atoms. The minimum Gasteiger partial charge on any atom is -0.497 e. The third kappa shape index (κ3) is 6.84. The lowest BCUT2D eigenvalue weighted by molar-refractivity contribution is -0.137. The van der Waals surface area contributed by atoms with E-state index in [-0.39, 0.29) is 6.42 Å². The summed E-state index contributed by atoms with van der Waals surface area (Å²) in [6.45, 7) is 0. The van der Waals surface area contributed by atoms with Gasteiger partial charge in [0.2, 0.25) is 0 Å². The van der Waals surface area contributed by atoms with Crippen LogP contribution in [0.15, 0.2) is 54.6 Å². The van der Waals surface area contributed by atoms with E-state index in [4.69, 9.17) is 26.6 Å².